The highest BCUT2D eigenvalue weighted by atomic mass is 32.2. The molecule has 1 aliphatic rings. The van der Waals surface area contributed by atoms with E-state index in [9.17, 15) is 17.6 Å². The first-order valence-electron chi connectivity index (χ1n) is 9.93. The first-order valence-corrected chi connectivity index (χ1v) is 12.2. The fraction of sp³-hybridized carbons (Fsp3) is 0.273. The molecule has 1 saturated heterocycles. The first kappa shape index (κ1) is 21.6. The number of carbonyl (C=O) groups excluding carboxylic acids is 1. The maximum absolute atomic E-state index is 13.6. The predicted molar refractivity (Wildman–Crippen MR) is 118 cm³/mol. The van der Waals surface area contributed by atoms with Crippen LogP contribution in [0.4, 0.5) is 15.2 Å². The normalized spacial score (nSPS) is 17.4. The maximum Gasteiger partial charge on any atom is 0.243 e. The highest BCUT2D eigenvalue weighted by Crippen LogP contribution is 2.33. The molecule has 1 atom stereocenters. The summed E-state index contributed by atoms with van der Waals surface area (Å²) in [5.74, 6) is -1.18. The fourth-order valence-electron chi connectivity index (χ4n) is 3.65. The molecule has 6 nitrogen and oxygen atoms in total. The fourth-order valence-corrected chi connectivity index (χ4v) is 6.00. The number of anilines is 2. The van der Waals surface area contributed by atoms with Crippen LogP contribution in [0.5, 0.6) is 0 Å². The van der Waals surface area contributed by atoms with Gasteiger partial charge in [-0.2, -0.15) is 4.31 Å². The Morgan fingerprint density at radius 1 is 1.16 bits per heavy atom. The van der Waals surface area contributed by atoms with Crippen molar-refractivity contribution in [1.29, 1.82) is 0 Å². The van der Waals surface area contributed by atoms with E-state index in [2.05, 4.69) is 4.98 Å². The number of amides is 1. The summed E-state index contributed by atoms with van der Waals surface area (Å²) in [6.45, 7) is 2.27. The van der Waals surface area contributed by atoms with Crippen LogP contribution >= 0.6 is 11.3 Å². The van der Waals surface area contributed by atoms with E-state index < -0.39 is 21.8 Å². The van der Waals surface area contributed by atoms with E-state index in [4.69, 9.17) is 0 Å². The zero-order valence-electron chi connectivity index (χ0n) is 16.9. The number of halogens is 1. The molecule has 0 N–H and O–H groups in total. The third kappa shape index (κ3) is 4.53. The lowest BCUT2D eigenvalue weighted by molar-refractivity contribution is -0.122. The van der Waals surface area contributed by atoms with Crippen LogP contribution < -0.4 is 4.90 Å². The molecule has 3 aromatic rings. The first-order chi connectivity index (χ1) is 14.9. The van der Waals surface area contributed by atoms with Gasteiger partial charge in [0.1, 0.15) is 5.82 Å². The summed E-state index contributed by atoms with van der Waals surface area (Å²) in [5, 5.41) is 2.44. The van der Waals surface area contributed by atoms with Gasteiger partial charge in [-0.05, 0) is 56.2 Å². The van der Waals surface area contributed by atoms with E-state index in [1.807, 2.05) is 42.6 Å². The zero-order valence-corrected chi connectivity index (χ0v) is 18.6. The molecular formula is C22H22FN3O3S2. The SMILES string of the molecule is Cc1csc(N(C(=O)[C@@H]2CCCN(S(=O)(=O)c3ccc(F)cc3)C2)c2ccccc2)n1. The van der Waals surface area contributed by atoms with E-state index >= 15 is 0 Å². The molecule has 0 bridgehead atoms. The van der Waals surface area contributed by atoms with Crippen LogP contribution in [-0.2, 0) is 14.8 Å². The Kier molecular flexibility index (Phi) is 6.17. The number of nitrogens with zero attached hydrogens (tertiary/aromatic N) is 3. The Morgan fingerprint density at radius 2 is 1.87 bits per heavy atom. The van der Waals surface area contributed by atoms with Crippen LogP contribution in [-0.4, -0.2) is 36.7 Å². The van der Waals surface area contributed by atoms with Crippen molar-refractivity contribution in [3.8, 4) is 0 Å². The van der Waals surface area contributed by atoms with Crippen molar-refractivity contribution < 1.29 is 17.6 Å². The average Bonchev–Trinajstić information content (AvgIpc) is 3.20. The molecule has 2 heterocycles. The molecule has 0 unspecified atom stereocenters. The van der Waals surface area contributed by atoms with Gasteiger partial charge in [-0.1, -0.05) is 18.2 Å². The van der Waals surface area contributed by atoms with E-state index in [1.165, 1.54) is 27.8 Å². The molecule has 1 fully saturated rings. The highest BCUT2D eigenvalue weighted by molar-refractivity contribution is 7.89. The van der Waals surface area contributed by atoms with Crippen LogP contribution in [0.15, 0.2) is 64.9 Å². The van der Waals surface area contributed by atoms with Gasteiger partial charge in [0.2, 0.25) is 15.9 Å². The second-order valence-corrected chi connectivity index (χ2v) is 10.2. The number of aryl methyl sites for hydroxylation is 1. The summed E-state index contributed by atoms with van der Waals surface area (Å²) < 4.78 is 40.7. The minimum absolute atomic E-state index is 0.0254. The van der Waals surface area contributed by atoms with Crippen molar-refractivity contribution in [2.75, 3.05) is 18.0 Å². The molecule has 1 amide bonds. The summed E-state index contributed by atoms with van der Waals surface area (Å²) in [6.07, 6.45) is 1.15. The van der Waals surface area contributed by atoms with Gasteiger partial charge in [0.05, 0.1) is 22.2 Å². The number of hydrogen-bond donors (Lipinski definition) is 0. The molecule has 2 aromatic carbocycles. The van der Waals surface area contributed by atoms with Gasteiger partial charge >= 0.3 is 0 Å². The number of carbonyl (C=O) groups is 1. The monoisotopic (exact) mass is 459 g/mol. The molecule has 0 aliphatic carbocycles. The van der Waals surface area contributed by atoms with Crippen molar-refractivity contribution in [2.24, 2.45) is 5.92 Å². The number of sulfonamides is 1. The third-order valence-corrected chi connectivity index (χ3v) is 8.04. The summed E-state index contributed by atoms with van der Waals surface area (Å²) in [4.78, 5) is 19.7. The second-order valence-electron chi connectivity index (χ2n) is 7.44. The number of rotatable bonds is 5. The van der Waals surface area contributed by atoms with Crippen LogP contribution in [0.25, 0.3) is 0 Å². The summed E-state index contributed by atoms with van der Waals surface area (Å²) in [7, 11) is -3.81. The summed E-state index contributed by atoms with van der Waals surface area (Å²) in [5.41, 5.74) is 1.51. The van der Waals surface area contributed by atoms with E-state index in [0.29, 0.717) is 30.2 Å². The highest BCUT2D eigenvalue weighted by Gasteiger charge is 2.36. The number of hydrogen-bond acceptors (Lipinski definition) is 5. The van der Waals surface area contributed by atoms with Gasteiger partial charge in [0.15, 0.2) is 5.13 Å². The lowest BCUT2D eigenvalue weighted by Gasteiger charge is -2.33. The van der Waals surface area contributed by atoms with Gasteiger partial charge in [0.25, 0.3) is 0 Å². The Morgan fingerprint density at radius 3 is 2.52 bits per heavy atom. The standard InChI is InChI=1S/C22H22FN3O3S2/c1-16-15-30-22(24-16)26(19-7-3-2-4-8-19)21(27)17-6-5-13-25(14-17)31(28,29)20-11-9-18(23)10-12-20/h2-4,7-12,15,17H,5-6,13-14H2,1H3/t17-/m1/s1. The van der Waals surface area contributed by atoms with Crippen molar-refractivity contribution >= 4 is 38.1 Å². The zero-order chi connectivity index (χ0) is 22.0. The predicted octanol–water partition coefficient (Wildman–Crippen LogP) is 4.36. The quantitative estimate of drug-likeness (QED) is 0.569. The Labute approximate surface area is 185 Å². The molecule has 9 heteroatoms. The van der Waals surface area contributed by atoms with Gasteiger partial charge in [-0.25, -0.2) is 17.8 Å². The van der Waals surface area contributed by atoms with E-state index in [-0.39, 0.29) is 17.3 Å². The average molecular weight is 460 g/mol. The van der Waals surface area contributed by atoms with Gasteiger partial charge in [-0.15, -0.1) is 11.3 Å². The topological polar surface area (TPSA) is 70.6 Å². The smallest absolute Gasteiger partial charge is 0.243 e. The molecule has 4 rings (SSSR count). The Hall–Kier alpha value is -2.62. The van der Waals surface area contributed by atoms with E-state index in [1.54, 1.807) is 4.90 Å². The number of aromatic nitrogens is 1. The molecule has 162 valence electrons. The van der Waals surface area contributed by atoms with E-state index in [0.717, 1.165) is 17.8 Å². The molecule has 0 spiro atoms. The summed E-state index contributed by atoms with van der Waals surface area (Å²) in [6, 6.07) is 14.0. The Bertz CT molecular complexity index is 1160. The van der Waals surface area contributed by atoms with Crippen molar-refractivity contribution in [1.82, 2.24) is 9.29 Å². The minimum Gasteiger partial charge on any atom is -0.274 e. The maximum atomic E-state index is 13.6. The largest absolute Gasteiger partial charge is 0.274 e. The Balaban J connectivity index is 1.61. The molecule has 0 saturated carbocycles. The van der Waals surface area contributed by atoms with Gasteiger partial charge in [-0.3, -0.25) is 9.69 Å². The second kappa shape index (κ2) is 8.86. The number of piperidine rings is 1. The van der Waals surface area contributed by atoms with Crippen LogP contribution in [0, 0.1) is 18.7 Å². The molecule has 31 heavy (non-hydrogen) atoms. The molecule has 0 radical (unpaired) electrons. The van der Waals surface area contributed by atoms with Gasteiger partial charge < -0.3 is 0 Å². The van der Waals surface area contributed by atoms with Crippen LogP contribution in [0.1, 0.15) is 18.5 Å². The molecule has 1 aliphatic heterocycles. The number of benzene rings is 2. The number of para-hydroxylation sites is 1. The van der Waals surface area contributed by atoms with Crippen LogP contribution in [0.2, 0.25) is 0 Å². The minimum atomic E-state index is -3.81. The van der Waals surface area contributed by atoms with Crippen molar-refractivity contribution in [2.45, 2.75) is 24.7 Å². The van der Waals surface area contributed by atoms with Gasteiger partial charge in [0, 0.05) is 18.5 Å². The number of thiazole rings is 1. The van der Waals surface area contributed by atoms with Crippen LogP contribution in [0.3, 0.4) is 0 Å². The molecular weight excluding hydrogens is 437 g/mol. The van der Waals surface area contributed by atoms with Crippen molar-refractivity contribution in [3.05, 3.63) is 71.5 Å². The lowest BCUT2D eigenvalue weighted by atomic mass is 9.98. The molecule has 1 aromatic heterocycles. The summed E-state index contributed by atoms with van der Waals surface area (Å²) >= 11 is 1.38. The third-order valence-electron chi connectivity index (χ3n) is 5.22. The lowest BCUT2D eigenvalue weighted by Crippen LogP contribution is -2.45. The van der Waals surface area contributed by atoms with Crippen molar-refractivity contribution in [3.63, 3.8) is 0 Å².